The van der Waals surface area contributed by atoms with E-state index < -0.39 is 0 Å². The first-order chi connectivity index (χ1) is 8.40. The summed E-state index contributed by atoms with van der Waals surface area (Å²) in [7, 11) is 0. The molecular formula is C16H27NO. The molecule has 0 heterocycles. The Labute approximate surface area is 111 Å². The molecule has 0 fully saturated rings. The van der Waals surface area contributed by atoms with Gasteiger partial charge in [-0.05, 0) is 44.2 Å². The molecule has 2 heteroatoms. The van der Waals surface area contributed by atoms with Crippen LogP contribution < -0.4 is 5.32 Å². The molecule has 1 aromatic rings. The molecule has 0 aliphatic rings. The van der Waals surface area contributed by atoms with Crippen LogP contribution in [0.4, 0.5) is 0 Å². The molecule has 1 rings (SSSR count). The van der Waals surface area contributed by atoms with E-state index in [9.17, 15) is 5.11 Å². The van der Waals surface area contributed by atoms with E-state index in [0.717, 1.165) is 6.42 Å². The number of hydrogen-bond acceptors (Lipinski definition) is 2. The van der Waals surface area contributed by atoms with Crippen molar-refractivity contribution in [3.8, 4) is 0 Å². The summed E-state index contributed by atoms with van der Waals surface area (Å²) in [6.45, 7) is 11.3. The summed E-state index contributed by atoms with van der Waals surface area (Å²) in [4.78, 5) is 0. The topological polar surface area (TPSA) is 32.3 Å². The molecule has 0 radical (unpaired) electrons. The second-order valence-corrected chi connectivity index (χ2v) is 5.77. The smallest absolute Gasteiger partial charge is 0.0667 e. The molecule has 18 heavy (non-hydrogen) atoms. The van der Waals surface area contributed by atoms with Crippen molar-refractivity contribution >= 4 is 0 Å². The molecule has 2 nitrogen and oxygen atoms in total. The van der Waals surface area contributed by atoms with Crippen molar-refractivity contribution in [3.05, 3.63) is 34.9 Å². The van der Waals surface area contributed by atoms with Crippen LogP contribution in [0.5, 0.6) is 0 Å². The minimum atomic E-state index is -0.252. The Morgan fingerprint density at radius 3 is 2.44 bits per heavy atom. The fourth-order valence-electron chi connectivity index (χ4n) is 2.28. The fourth-order valence-corrected chi connectivity index (χ4v) is 2.28. The largest absolute Gasteiger partial charge is 0.392 e. The zero-order chi connectivity index (χ0) is 13.7. The third-order valence-electron chi connectivity index (χ3n) is 3.30. The standard InChI is InChI=1S/C16H27NO/c1-11(2)8-15(18)10-17-14(5)16-9-12(3)6-7-13(16)4/h6-7,9,11,14-15,17-18H,8,10H2,1-5H3. The van der Waals surface area contributed by atoms with Crippen LogP contribution in [0.1, 0.15) is 49.9 Å². The van der Waals surface area contributed by atoms with Gasteiger partial charge in [0.15, 0.2) is 0 Å². The van der Waals surface area contributed by atoms with E-state index in [1.54, 1.807) is 0 Å². The quantitative estimate of drug-likeness (QED) is 0.810. The van der Waals surface area contributed by atoms with E-state index >= 15 is 0 Å². The predicted molar refractivity (Wildman–Crippen MR) is 77.8 cm³/mol. The molecule has 0 saturated heterocycles. The highest BCUT2D eigenvalue weighted by atomic mass is 16.3. The van der Waals surface area contributed by atoms with Gasteiger partial charge >= 0.3 is 0 Å². The van der Waals surface area contributed by atoms with Gasteiger partial charge in [-0.25, -0.2) is 0 Å². The van der Waals surface area contributed by atoms with Gasteiger partial charge in [0.1, 0.15) is 0 Å². The van der Waals surface area contributed by atoms with Gasteiger partial charge in [-0.1, -0.05) is 37.6 Å². The van der Waals surface area contributed by atoms with E-state index in [1.165, 1.54) is 16.7 Å². The molecule has 2 N–H and O–H groups in total. The summed E-state index contributed by atoms with van der Waals surface area (Å²) in [5.74, 6) is 0.540. The van der Waals surface area contributed by atoms with Gasteiger partial charge in [-0.15, -0.1) is 0 Å². The van der Waals surface area contributed by atoms with Crippen LogP contribution in [0, 0.1) is 19.8 Å². The monoisotopic (exact) mass is 249 g/mol. The highest BCUT2D eigenvalue weighted by Crippen LogP contribution is 2.19. The molecule has 2 atom stereocenters. The number of aliphatic hydroxyl groups is 1. The second kappa shape index (κ2) is 6.91. The van der Waals surface area contributed by atoms with Crippen LogP contribution >= 0.6 is 0 Å². The highest BCUT2D eigenvalue weighted by molar-refractivity contribution is 5.32. The summed E-state index contributed by atoms with van der Waals surface area (Å²) in [5.41, 5.74) is 3.91. The zero-order valence-electron chi connectivity index (χ0n) is 12.3. The number of nitrogens with one attached hydrogen (secondary N) is 1. The predicted octanol–water partition coefficient (Wildman–Crippen LogP) is 3.36. The lowest BCUT2D eigenvalue weighted by Crippen LogP contribution is -2.30. The first-order valence-electron chi connectivity index (χ1n) is 6.88. The number of aliphatic hydroxyl groups excluding tert-OH is 1. The maximum Gasteiger partial charge on any atom is 0.0667 e. The molecule has 0 amide bonds. The number of hydrogen-bond donors (Lipinski definition) is 2. The Bertz CT molecular complexity index is 373. The van der Waals surface area contributed by atoms with Gasteiger partial charge in [0.2, 0.25) is 0 Å². The molecule has 0 bridgehead atoms. The minimum absolute atomic E-state index is 0.252. The molecule has 0 aliphatic carbocycles. The van der Waals surface area contributed by atoms with Crippen molar-refractivity contribution in [2.45, 2.75) is 53.2 Å². The SMILES string of the molecule is Cc1ccc(C)c(C(C)NCC(O)CC(C)C)c1. The van der Waals surface area contributed by atoms with Gasteiger partial charge in [0.05, 0.1) is 6.10 Å². The van der Waals surface area contributed by atoms with Crippen LogP contribution in [-0.2, 0) is 0 Å². The highest BCUT2D eigenvalue weighted by Gasteiger charge is 2.11. The number of aryl methyl sites for hydroxylation is 2. The lowest BCUT2D eigenvalue weighted by atomic mass is 9.99. The third kappa shape index (κ3) is 4.79. The Balaban J connectivity index is 2.54. The van der Waals surface area contributed by atoms with Gasteiger partial charge in [0, 0.05) is 12.6 Å². The van der Waals surface area contributed by atoms with Crippen LogP contribution in [-0.4, -0.2) is 17.8 Å². The Morgan fingerprint density at radius 1 is 1.17 bits per heavy atom. The summed E-state index contributed by atoms with van der Waals surface area (Å²) in [6.07, 6.45) is 0.601. The second-order valence-electron chi connectivity index (χ2n) is 5.77. The Kier molecular flexibility index (Phi) is 5.83. The van der Waals surface area contributed by atoms with Crippen LogP contribution in [0.3, 0.4) is 0 Å². The van der Waals surface area contributed by atoms with Crippen LogP contribution in [0.15, 0.2) is 18.2 Å². The Morgan fingerprint density at radius 2 is 1.83 bits per heavy atom. The van der Waals surface area contributed by atoms with E-state index in [1.807, 2.05) is 0 Å². The summed E-state index contributed by atoms with van der Waals surface area (Å²) < 4.78 is 0. The fraction of sp³-hybridized carbons (Fsp3) is 0.625. The molecular weight excluding hydrogens is 222 g/mol. The van der Waals surface area contributed by atoms with Crippen LogP contribution in [0.2, 0.25) is 0 Å². The van der Waals surface area contributed by atoms with Gasteiger partial charge in [-0.2, -0.15) is 0 Å². The molecule has 0 aliphatic heterocycles. The molecule has 0 spiro atoms. The average Bonchev–Trinajstić information content (AvgIpc) is 2.28. The lowest BCUT2D eigenvalue weighted by molar-refractivity contribution is 0.143. The maximum atomic E-state index is 9.88. The molecule has 0 saturated carbocycles. The van der Waals surface area contributed by atoms with Crippen molar-refractivity contribution in [2.24, 2.45) is 5.92 Å². The first kappa shape index (κ1) is 15.2. The van der Waals surface area contributed by atoms with Gasteiger partial charge < -0.3 is 10.4 Å². The number of benzene rings is 1. The van der Waals surface area contributed by atoms with E-state index in [0.29, 0.717) is 12.5 Å². The van der Waals surface area contributed by atoms with Crippen molar-refractivity contribution in [1.29, 1.82) is 0 Å². The lowest BCUT2D eigenvalue weighted by Gasteiger charge is -2.20. The van der Waals surface area contributed by atoms with Crippen molar-refractivity contribution in [1.82, 2.24) is 5.32 Å². The normalized spacial score (nSPS) is 14.8. The van der Waals surface area contributed by atoms with Crippen molar-refractivity contribution in [3.63, 3.8) is 0 Å². The third-order valence-corrected chi connectivity index (χ3v) is 3.30. The van der Waals surface area contributed by atoms with Crippen molar-refractivity contribution < 1.29 is 5.11 Å². The average molecular weight is 249 g/mol. The summed E-state index contributed by atoms with van der Waals surface area (Å²) >= 11 is 0. The number of rotatable bonds is 6. The molecule has 102 valence electrons. The zero-order valence-corrected chi connectivity index (χ0v) is 12.3. The van der Waals surface area contributed by atoms with E-state index in [4.69, 9.17) is 0 Å². The van der Waals surface area contributed by atoms with Crippen LogP contribution in [0.25, 0.3) is 0 Å². The summed E-state index contributed by atoms with van der Waals surface area (Å²) in [5, 5.41) is 13.3. The summed E-state index contributed by atoms with van der Waals surface area (Å²) in [6, 6.07) is 6.81. The van der Waals surface area contributed by atoms with Crippen molar-refractivity contribution in [2.75, 3.05) is 6.54 Å². The molecule has 0 aromatic heterocycles. The molecule has 2 unspecified atom stereocenters. The minimum Gasteiger partial charge on any atom is -0.392 e. The van der Waals surface area contributed by atoms with E-state index in [-0.39, 0.29) is 12.1 Å². The van der Waals surface area contributed by atoms with E-state index in [2.05, 4.69) is 58.1 Å². The maximum absolute atomic E-state index is 9.88. The first-order valence-corrected chi connectivity index (χ1v) is 6.88. The van der Waals surface area contributed by atoms with Gasteiger partial charge in [-0.3, -0.25) is 0 Å². The van der Waals surface area contributed by atoms with Gasteiger partial charge in [0.25, 0.3) is 0 Å². The Hall–Kier alpha value is -0.860. The molecule has 1 aromatic carbocycles.